The number of hydrogen-bond acceptors (Lipinski definition) is 5. The van der Waals surface area contributed by atoms with Gasteiger partial charge >= 0.3 is 0 Å². The van der Waals surface area contributed by atoms with E-state index < -0.39 is 0 Å². The SMILES string of the molecule is CCn1cc(N)c(C(=O)NCCCN2CCOCC2)n1. The first-order chi connectivity index (χ1) is 9.70. The van der Waals surface area contributed by atoms with E-state index in [4.69, 9.17) is 10.5 Å². The fraction of sp³-hybridized carbons (Fsp3) is 0.692. The van der Waals surface area contributed by atoms with Crippen LogP contribution in [0.4, 0.5) is 5.69 Å². The molecule has 1 amide bonds. The number of ether oxygens (including phenoxy) is 1. The maximum absolute atomic E-state index is 11.9. The van der Waals surface area contributed by atoms with Crippen LogP contribution < -0.4 is 11.1 Å². The highest BCUT2D eigenvalue weighted by Gasteiger charge is 2.14. The molecule has 1 saturated heterocycles. The minimum Gasteiger partial charge on any atom is -0.396 e. The molecule has 0 saturated carbocycles. The zero-order valence-corrected chi connectivity index (χ0v) is 12.0. The van der Waals surface area contributed by atoms with Gasteiger partial charge in [-0.1, -0.05) is 0 Å². The van der Waals surface area contributed by atoms with Crippen molar-refractivity contribution in [2.45, 2.75) is 19.9 Å². The average Bonchev–Trinajstić information content (AvgIpc) is 2.86. The molecule has 2 heterocycles. The maximum Gasteiger partial charge on any atom is 0.273 e. The molecule has 1 aliphatic heterocycles. The van der Waals surface area contributed by atoms with E-state index >= 15 is 0 Å². The minimum absolute atomic E-state index is 0.198. The van der Waals surface area contributed by atoms with E-state index in [9.17, 15) is 4.79 Å². The van der Waals surface area contributed by atoms with Crippen LogP contribution in [0.2, 0.25) is 0 Å². The number of anilines is 1. The molecule has 0 aromatic carbocycles. The fourth-order valence-corrected chi connectivity index (χ4v) is 2.19. The second-order valence-corrected chi connectivity index (χ2v) is 4.85. The standard InChI is InChI=1S/C13H23N5O2/c1-2-18-10-11(14)12(16-18)13(19)15-4-3-5-17-6-8-20-9-7-17/h10H,2-9,14H2,1H3,(H,15,19). The number of morpholine rings is 1. The number of nitrogen functional groups attached to an aromatic ring is 1. The van der Waals surface area contributed by atoms with Crippen molar-refractivity contribution in [1.29, 1.82) is 0 Å². The number of nitrogens with one attached hydrogen (secondary N) is 1. The van der Waals surface area contributed by atoms with Gasteiger partial charge in [0.25, 0.3) is 5.91 Å². The average molecular weight is 281 g/mol. The molecule has 7 nitrogen and oxygen atoms in total. The second kappa shape index (κ2) is 7.25. The number of nitrogens with two attached hydrogens (primary N) is 1. The van der Waals surface area contributed by atoms with E-state index in [2.05, 4.69) is 15.3 Å². The van der Waals surface area contributed by atoms with E-state index in [1.807, 2.05) is 6.92 Å². The summed E-state index contributed by atoms with van der Waals surface area (Å²) >= 11 is 0. The van der Waals surface area contributed by atoms with Crippen molar-refractivity contribution in [1.82, 2.24) is 20.0 Å². The first-order valence-electron chi connectivity index (χ1n) is 7.12. The Kier molecular flexibility index (Phi) is 5.37. The lowest BCUT2D eigenvalue weighted by molar-refractivity contribution is 0.0374. The molecule has 1 aromatic rings. The third-order valence-corrected chi connectivity index (χ3v) is 3.37. The predicted octanol–water partition coefficient (Wildman–Crippen LogP) is -0.0627. The van der Waals surface area contributed by atoms with Crippen molar-refractivity contribution in [3.05, 3.63) is 11.9 Å². The zero-order chi connectivity index (χ0) is 14.4. The molecule has 3 N–H and O–H groups in total. The van der Waals surface area contributed by atoms with Crippen LogP contribution >= 0.6 is 0 Å². The van der Waals surface area contributed by atoms with Crippen LogP contribution in [0.25, 0.3) is 0 Å². The molecule has 0 spiro atoms. The summed E-state index contributed by atoms with van der Waals surface area (Å²) in [5, 5.41) is 7.01. The Morgan fingerprint density at radius 1 is 1.50 bits per heavy atom. The van der Waals surface area contributed by atoms with Gasteiger partial charge in [-0.05, 0) is 19.9 Å². The highest BCUT2D eigenvalue weighted by Crippen LogP contribution is 2.08. The van der Waals surface area contributed by atoms with Crippen molar-refractivity contribution in [2.75, 3.05) is 45.1 Å². The first kappa shape index (κ1) is 14.8. The summed E-state index contributed by atoms with van der Waals surface area (Å²) in [4.78, 5) is 14.3. The molecule has 1 aromatic heterocycles. The molecule has 20 heavy (non-hydrogen) atoms. The molecule has 1 fully saturated rings. The maximum atomic E-state index is 11.9. The van der Waals surface area contributed by atoms with Gasteiger partial charge in [0.2, 0.25) is 0 Å². The highest BCUT2D eigenvalue weighted by molar-refractivity contribution is 5.96. The van der Waals surface area contributed by atoms with Crippen molar-refractivity contribution < 1.29 is 9.53 Å². The topological polar surface area (TPSA) is 85.4 Å². The van der Waals surface area contributed by atoms with Gasteiger partial charge in [-0.2, -0.15) is 5.10 Å². The second-order valence-electron chi connectivity index (χ2n) is 4.85. The summed E-state index contributed by atoms with van der Waals surface area (Å²) in [7, 11) is 0. The van der Waals surface area contributed by atoms with E-state index in [-0.39, 0.29) is 5.91 Å². The van der Waals surface area contributed by atoms with Gasteiger partial charge in [0, 0.05) is 32.4 Å². The van der Waals surface area contributed by atoms with Gasteiger partial charge in [-0.3, -0.25) is 14.4 Å². The zero-order valence-electron chi connectivity index (χ0n) is 12.0. The molecule has 0 atom stereocenters. The van der Waals surface area contributed by atoms with Crippen molar-refractivity contribution in [2.24, 2.45) is 0 Å². The molecular weight excluding hydrogens is 258 g/mol. The van der Waals surface area contributed by atoms with Gasteiger partial charge in [0.15, 0.2) is 5.69 Å². The first-order valence-corrected chi connectivity index (χ1v) is 7.12. The number of rotatable bonds is 6. The number of carbonyl (C=O) groups excluding carboxylic acids is 1. The monoisotopic (exact) mass is 281 g/mol. The van der Waals surface area contributed by atoms with Gasteiger partial charge in [0.05, 0.1) is 18.9 Å². The molecule has 0 unspecified atom stereocenters. The van der Waals surface area contributed by atoms with Crippen LogP contribution in [0.1, 0.15) is 23.8 Å². The van der Waals surface area contributed by atoms with Gasteiger partial charge < -0.3 is 15.8 Å². The van der Waals surface area contributed by atoms with Crippen LogP contribution in [-0.2, 0) is 11.3 Å². The predicted molar refractivity (Wildman–Crippen MR) is 76.5 cm³/mol. The molecule has 0 bridgehead atoms. The number of amides is 1. The van der Waals surface area contributed by atoms with Crippen molar-refractivity contribution >= 4 is 11.6 Å². The smallest absolute Gasteiger partial charge is 0.273 e. The Labute approximate surface area is 119 Å². The van der Waals surface area contributed by atoms with Crippen LogP contribution in [0.5, 0.6) is 0 Å². The van der Waals surface area contributed by atoms with Crippen LogP contribution in [0, 0.1) is 0 Å². The van der Waals surface area contributed by atoms with Crippen LogP contribution in [0.3, 0.4) is 0 Å². The quantitative estimate of drug-likeness (QED) is 0.713. The largest absolute Gasteiger partial charge is 0.396 e. The summed E-state index contributed by atoms with van der Waals surface area (Å²) in [6.45, 7) is 7.82. The Balaban J connectivity index is 1.70. The van der Waals surface area contributed by atoms with Crippen molar-refractivity contribution in [3.63, 3.8) is 0 Å². The van der Waals surface area contributed by atoms with E-state index in [0.29, 0.717) is 24.5 Å². The van der Waals surface area contributed by atoms with Crippen LogP contribution in [0.15, 0.2) is 6.20 Å². The highest BCUT2D eigenvalue weighted by atomic mass is 16.5. The Morgan fingerprint density at radius 2 is 2.25 bits per heavy atom. The van der Waals surface area contributed by atoms with Gasteiger partial charge in [-0.15, -0.1) is 0 Å². The third-order valence-electron chi connectivity index (χ3n) is 3.37. The lowest BCUT2D eigenvalue weighted by atomic mass is 10.3. The number of aromatic nitrogens is 2. The summed E-state index contributed by atoms with van der Waals surface area (Å²) in [5.74, 6) is -0.198. The molecule has 0 aliphatic carbocycles. The Bertz CT molecular complexity index is 440. The summed E-state index contributed by atoms with van der Waals surface area (Å²) in [6, 6.07) is 0. The Hall–Kier alpha value is -1.60. The van der Waals surface area contributed by atoms with E-state index in [1.165, 1.54) is 0 Å². The van der Waals surface area contributed by atoms with Gasteiger partial charge in [-0.25, -0.2) is 0 Å². The molecule has 1 aliphatic rings. The normalized spacial score (nSPS) is 16.2. The molecule has 2 rings (SSSR count). The number of aryl methyl sites for hydroxylation is 1. The van der Waals surface area contributed by atoms with E-state index in [0.717, 1.165) is 39.3 Å². The Morgan fingerprint density at radius 3 is 2.90 bits per heavy atom. The third kappa shape index (κ3) is 3.94. The van der Waals surface area contributed by atoms with Crippen LogP contribution in [-0.4, -0.2) is 60.0 Å². The molecular formula is C13H23N5O2. The summed E-state index contributed by atoms with van der Waals surface area (Å²) in [5.41, 5.74) is 6.52. The molecule has 112 valence electrons. The molecule has 0 radical (unpaired) electrons. The van der Waals surface area contributed by atoms with Gasteiger partial charge in [0.1, 0.15) is 0 Å². The minimum atomic E-state index is -0.198. The summed E-state index contributed by atoms with van der Waals surface area (Å²) in [6.07, 6.45) is 2.60. The van der Waals surface area contributed by atoms with Crippen molar-refractivity contribution in [3.8, 4) is 0 Å². The lowest BCUT2D eigenvalue weighted by Crippen LogP contribution is -2.38. The lowest BCUT2D eigenvalue weighted by Gasteiger charge is -2.26. The number of hydrogen-bond donors (Lipinski definition) is 2. The van der Waals surface area contributed by atoms with E-state index in [1.54, 1.807) is 10.9 Å². The fourth-order valence-electron chi connectivity index (χ4n) is 2.19. The number of nitrogens with zero attached hydrogens (tertiary/aromatic N) is 3. The molecule has 7 heteroatoms. The summed E-state index contributed by atoms with van der Waals surface area (Å²) < 4.78 is 6.96. The number of carbonyl (C=O) groups is 1.